The smallest absolute Gasteiger partial charge is 0.357 e. The third-order valence-electron chi connectivity index (χ3n) is 3.52. The van der Waals surface area contributed by atoms with Crippen molar-refractivity contribution in [3.63, 3.8) is 0 Å². The van der Waals surface area contributed by atoms with Gasteiger partial charge in [-0.3, -0.25) is 0 Å². The molecule has 0 aliphatic rings. The average molecular weight is 324 g/mol. The van der Waals surface area contributed by atoms with E-state index >= 15 is 0 Å². The van der Waals surface area contributed by atoms with E-state index in [1.807, 2.05) is 13.0 Å². The second-order valence-corrected chi connectivity index (χ2v) is 7.15. The second-order valence-electron chi connectivity index (χ2n) is 5.85. The van der Waals surface area contributed by atoms with Crippen molar-refractivity contribution in [2.75, 3.05) is 12.9 Å². The van der Waals surface area contributed by atoms with Gasteiger partial charge in [-0.1, -0.05) is 6.92 Å². The highest BCUT2D eigenvalue weighted by molar-refractivity contribution is 7.99. The molecule has 22 heavy (non-hydrogen) atoms. The van der Waals surface area contributed by atoms with Crippen LogP contribution in [0, 0.1) is 0 Å². The monoisotopic (exact) mass is 324 g/mol. The van der Waals surface area contributed by atoms with E-state index in [2.05, 4.69) is 4.98 Å². The van der Waals surface area contributed by atoms with E-state index in [9.17, 15) is 9.90 Å². The van der Waals surface area contributed by atoms with Crippen LogP contribution in [0.2, 0.25) is 0 Å². The summed E-state index contributed by atoms with van der Waals surface area (Å²) in [5, 5.41) is 10.1. The molecule has 0 spiro atoms. The molecule has 0 bridgehead atoms. The first-order chi connectivity index (χ1) is 10.1. The minimum Gasteiger partial charge on any atom is -0.464 e. The molecule has 0 atom stereocenters. The summed E-state index contributed by atoms with van der Waals surface area (Å²) >= 11 is 1.51. The Morgan fingerprint density at radius 3 is 2.55 bits per heavy atom. The van der Waals surface area contributed by atoms with E-state index in [4.69, 9.17) is 9.39 Å². The van der Waals surface area contributed by atoms with Crippen LogP contribution in [-0.2, 0) is 9.39 Å². The number of hydrogen-bond donors (Lipinski definition) is 1. The number of esters is 1. The molecule has 0 aliphatic heterocycles. The van der Waals surface area contributed by atoms with Gasteiger partial charge in [0.15, 0.2) is 5.69 Å². The first-order valence-corrected chi connectivity index (χ1v) is 8.05. The predicted molar refractivity (Wildman–Crippen MR) is 88.8 cm³/mol. The summed E-state index contributed by atoms with van der Waals surface area (Å²) in [5.41, 5.74) is -0.732. The molecule has 1 heterocycles. The molecule has 7 heteroatoms. The Balaban J connectivity index is 2.94. The fourth-order valence-electron chi connectivity index (χ4n) is 1.40. The number of aliphatic hydroxyl groups is 1. The Kier molecular flexibility index (Phi) is 6.46. The maximum atomic E-state index is 11.7. The lowest BCUT2D eigenvalue weighted by Gasteiger charge is -2.37. The van der Waals surface area contributed by atoms with E-state index in [-0.39, 0.29) is 0 Å². The third kappa shape index (κ3) is 4.73. The molecule has 5 nitrogen and oxygen atoms in total. The summed E-state index contributed by atoms with van der Waals surface area (Å²) in [4.78, 5) is 16.6. The summed E-state index contributed by atoms with van der Waals surface area (Å²) in [7, 11) is 2.88. The van der Waals surface area contributed by atoms with Gasteiger partial charge in [0.1, 0.15) is 0 Å². The summed E-state index contributed by atoms with van der Waals surface area (Å²) < 4.78 is 10.4. The molecule has 1 aromatic heterocycles. The van der Waals surface area contributed by atoms with E-state index in [1.165, 1.54) is 18.9 Å². The summed E-state index contributed by atoms with van der Waals surface area (Å²) in [6.07, 6.45) is 1.55. The van der Waals surface area contributed by atoms with Crippen molar-refractivity contribution in [2.45, 2.75) is 50.7 Å². The van der Waals surface area contributed by atoms with Crippen molar-refractivity contribution in [3.05, 3.63) is 18.0 Å². The second kappa shape index (κ2) is 7.48. The van der Waals surface area contributed by atoms with Crippen LogP contribution in [0.5, 0.6) is 0 Å². The van der Waals surface area contributed by atoms with Crippen LogP contribution in [-0.4, -0.2) is 47.6 Å². The molecule has 121 valence electrons. The highest BCUT2D eigenvalue weighted by Crippen LogP contribution is 2.24. The fraction of sp³-hybridized carbons (Fsp3) is 0.600. The molecule has 0 aromatic carbocycles. The number of hydrogen-bond acceptors (Lipinski definition) is 6. The molecule has 0 unspecified atom stereocenters. The molecule has 0 saturated carbocycles. The van der Waals surface area contributed by atoms with Crippen LogP contribution in [0.4, 0.5) is 0 Å². The quantitative estimate of drug-likeness (QED) is 0.468. The van der Waals surface area contributed by atoms with Crippen LogP contribution in [0.15, 0.2) is 17.2 Å². The molecule has 0 fully saturated rings. The van der Waals surface area contributed by atoms with Crippen molar-refractivity contribution in [3.8, 4) is 0 Å². The lowest BCUT2D eigenvalue weighted by atomic mass is 9.83. The number of thioether (sulfide) groups is 1. The summed E-state index contributed by atoms with van der Waals surface area (Å²) in [6.45, 7) is 8.99. The van der Waals surface area contributed by atoms with Crippen LogP contribution in [0.25, 0.3) is 0 Å². The highest BCUT2D eigenvalue weighted by atomic mass is 32.2. The molecular formula is C15H23BNO4S. The largest absolute Gasteiger partial charge is 0.464 e. The van der Waals surface area contributed by atoms with Gasteiger partial charge in [0.2, 0.25) is 0 Å². The Bertz CT molecular complexity index is 529. The van der Waals surface area contributed by atoms with Gasteiger partial charge in [0, 0.05) is 11.1 Å². The van der Waals surface area contributed by atoms with Crippen molar-refractivity contribution in [1.82, 2.24) is 4.98 Å². The Morgan fingerprint density at radius 2 is 2.05 bits per heavy atom. The van der Waals surface area contributed by atoms with Crippen LogP contribution < -0.4 is 5.46 Å². The Hall–Kier alpha value is -1.05. The number of methoxy groups -OCH3 is 1. The van der Waals surface area contributed by atoms with Crippen LogP contribution in [0.3, 0.4) is 0 Å². The number of pyridine rings is 1. The molecule has 1 radical (unpaired) electrons. The normalized spacial score (nSPS) is 12.1. The van der Waals surface area contributed by atoms with Crippen LogP contribution >= 0.6 is 11.8 Å². The topological polar surface area (TPSA) is 68.7 Å². The molecule has 0 saturated heterocycles. The van der Waals surface area contributed by atoms with Crippen molar-refractivity contribution < 1.29 is 19.3 Å². The average Bonchev–Trinajstić information content (AvgIpc) is 2.44. The van der Waals surface area contributed by atoms with Crippen molar-refractivity contribution in [1.29, 1.82) is 0 Å². The fourth-order valence-corrected chi connectivity index (χ4v) is 2.20. The van der Waals surface area contributed by atoms with Gasteiger partial charge in [-0.2, -0.15) is 0 Å². The number of carbonyl (C=O) groups excluding carboxylic acids is 1. The highest BCUT2D eigenvalue weighted by Gasteiger charge is 2.35. The van der Waals surface area contributed by atoms with Gasteiger partial charge in [-0.05, 0) is 45.0 Å². The number of carbonyl (C=O) groups is 1. The SMILES string of the molecule is CCSc1cc([B]OC(C)(C)C(C)(C)O)cnc1C(=O)OC. The number of rotatable bonds is 7. The molecular weight excluding hydrogens is 301 g/mol. The summed E-state index contributed by atoms with van der Waals surface area (Å²) in [6, 6.07) is 1.83. The van der Waals surface area contributed by atoms with Gasteiger partial charge in [0.05, 0.1) is 18.3 Å². The Morgan fingerprint density at radius 1 is 1.41 bits per heavy atom. The number of aromatic nitrogens is 1. The zero-order valence-corrected chi connectivity index (χ0v) is 14.8. The minimum absolute atomic E-state index is 0.299. The predicted octanol–water partition coefficient (Wildman–Crippen LogP) is 1.79. The first-order valence-electron chi connectivity index (χ1n) is 7.07. The number of nitrogens with zero attached hydrogens (tertiary/aromatic N) is 1. The first kappa shape index (κ1) is 19.0. The van der Waals surface area contributed by atoms with Crippen molar-refractivity contribution >= 4 is 30.7 Å². The molecule has 0 amide bonds. The molecule has 1 N–H and O–H groups in total. The minimum atomic E-state index is -0.996. The number of ether oxygens (including phenoxy) is 1. The van der Waals surface area contributed by atoms with Crippen LogP contribution in [0.1, 0.15) is 45.1 Å². The summed E-state index contributed by atoms with van der Waals surface area (Å²) in [5.74, 6) is 0.353. The van der Waals surface area contributed by atoms with Gasteiger partial charge in [-0.15, -0.1) is 11.8 Å². The zero-order valence-electron chi connectivity index (χ0n) is 14.0. The van der Waals surface area contributed by atoms with Gasteiger partial charge < -0.3 is 14.5 Å². The van der Waals surface area contributed by atoms with Gasteiger partial charge in [0.25, 0.3) is 0 Å². The standard InChI is InChI=1S/C15H23BNO4S/c1-7-22-11-8-10(9-17-12(11)13(18)20-6)16-21-15(4,5)14(2,3)19/h8-9,19H,7H2,1-6H3. The maximum absolute atomic E-state index is 11.7. The maximum Gasteiger partial charge on any atom is 0.357 e. The van der Waals surface area contributed by atoms with Crippen molar-refractivity contribution in [2.24, 2.45) is 0 Å². The molecule has 0 aliphatic carbocycles. The molecule has 1 rings (SSSR count). The van der Waals surface area contributed by atoms with E-state index < -0.39 is 17.2 Å². The van der Waals surface area contributed by atoms with E-state index in [0.29, 0.717) is 5.69 Å². The van der Waals surface area contributed by atoms with Gasteiger partial charge >= 0.3 is 13.5 Å². The lowest BCUT2D eigenvalue weighted by Crippen LogP contribution is -2.49. The third-order valence-corrected chi connectivity index (χ3v) is 4.43. The molecule has 1 aromatic rings. The van der Waals surface area contributed by atoms with E-state index in [1.54, 1.807) is 41.4 Å². The lowest BCUT2D eigenvalue weighted by molar-refractivity contribution is -0.0893. The van der Waals surface area contributed by atoms with E-state index in [0.717, 1.165) is 16.1 Å². The van der Waals surface area contributed by atoms with Gasteiger partial charge in [-0.25, -0.2) is 9.78 Å². The Labute approximate surface area is 137 Å². The zero-order chi connectivity index (χ0) is 17.0.